The van der Waals surface area contributed by atoms with E-state index in [1.165, 1.54) is 24.6 Å². The van der Waals surface area contributed by atoms with Crippen molar-refractivity contribution in [3.8, 4) is 5.75 Å². The summed E-state index contributed by atoms with van der Waals surface area (Å²) in [5, 5.41) is 23.9. The molecule has 1 saturated heterocycles. The molecule has 3 rings (SSSR count). The summed E-state index contributed by atoms with van der Waals surface area (Å²) >= 11 is 0. The zero-order valence-corrected chi connectivity index (χ0v) is 23.5. The molecular weight excluding hydrogens is 527 g/mol. The number of aromatic nitrogens is 1. The highest BCUT2D eigenvalue weighted by molar-refractivity contribution is 7.52. The molecule has 0 amide bonds. The summed E-state index contributed by atoms with van der Waals surface area (Å²) in [6.07, 6.45) is -0.0406. The van der Waals surface area contributed by atoms with Crippen molar-refractivity contribution in [1.29, 1.82) is 0 Å². The van der Waals surface area contributed by atoms with Gasteiger partial charge in [-0.05, 0) is 38.0 Å². The van der Waals surface area contributed by atoms with Gasteiger partial charge >= 0.3 is 13.7 Å². The van der Waals surface area contributed by atoms with Gasteiger partial charge in [-0.3, -0.25) is 14.1 Å². The standard InChI is InChI=1S/C27H38N2O9P/c1-5-20(6-2)16-35-27(33)18(3)28-39(34,38-22-12-8-7-9-13-22)36-17-23-24(31)25(32)26(37-23)29-14-10-11-21(15-29)19(4)30/h7-15,18,20,23-26,31-32H,5-6,16-17H2,1-4H3,(H,28,34)/q+1/t18-,23+,24+,25+,26+,39?/m0/s1. The number of ether oxygens (including phenoxy) is 2. The number of benzene rings is 1. The first-order valence-electron chi connectivity index (χ1n) is 13.0. The van der Waals surface area contributed by atoms with E-state index in [4.69, 9.17) is 18.5 Å². The van der Waals surface area contributed by atoms with Gasteiger partial charge in [0.2, 0.25) is 0 Å². The van der Waals surface area contributed by atoms with Crippen molar-refractivity contribution in [3.63, 3.8) is 0 Å². The van der Waals surface area contributed by atoms with Gasteiger partial charge in [0.25, 0.3) is 6.23 Å². The molecule has 1 unspecified atom stereocenters. The number of carbonyl (C=O) groups excluding carboxylic acids is 2. The number of hydrogen-bond donors (Lipinski definition) is 3. The average Bonchev–Trinajstić information content (AvgIpc) is 3.21. The SMILES string of the molecule is CCC(CC)COC(=O)[C@H](C)NP(=O)(OC[C@H]1O[C@@H]([n+]2cccc(C(C)=O)c2)[C@H](O)[C@@H]1O)Oc1ccccc1. The number of pyridine rings is 1. The van der Waals surface area contributed by atoms with Crippen LogP contribution in [0.25, 0.3) is 0 Å². The molecule has 2 aromatic rings. The summed E-state index contributed by atoms with van der Waals surface area (Å²) < 4.78 is 37.7. The molecule has 3 N–H and O–H groups in total. The monoisotopic (exact) mass is 565 g/mol. The maximum atomic E-state index is 13.8. The van der Waals surface area contributed by atoms with Crippen molar-refractivity contribution in [3.05, 3.63) is 60.4 Å². The molecule has 1 aromatic carbocycles. The van der Waals surface area contributed by atoms with Crippen molar-refractivity contribution in [2.45, 2.75) is 71.1 Å². The fraction of sp³-hybridized carbons (Fsp3) is 0.519. The van der Waals surface area contributed by atoms with Gasteiger partial charge in [0.1, 0.15) is 24.0 Å². The van der Waals surface area contributed by atoms with Gasteiger partial charge in [0, 0.05) is 6.07 Å². The third-order valence-corrected chi connectivity index (χ3v) is 8.20. The van der Waals surface area contributed by atoms with Crippen LogP contribution in [-0.4, -0.2) is 59.5 Å². The molecule has 214 valence electrons. The van der Waals surface area contributed by atoms with Crippen molar-refractivity contribution < 1.29 is 47.5 Å². The summed E-state index contributed by atoms with van der Waals surface area (Å²) in [5.74, 6) is -0.334. The Labute approximate surface area is 228 Å². The summed E-state index contributed by atoms with van der Waals surface area (Å²) in [6, 6.07) is 10.5. The van der Waals surface area contributed by atoms with Crippen LogP contribution in [0.2, 0.25) is 0 Å². The Morgan fingerprint density at radius 2 is 1.79 bits per heavy atom. The van der Waals surface area contributed by atoms with Crippen LogP contribution in [-0.2, 0) is 23.4 Å². The van der Waals surface area contributed by atoms with E-state index in [1.54, 1.807) is 48.7 Å². The molecule has 1 aliphatic heterocycles. The number of ketones is 1. The summed E-state index contributed by atoms with van der Waals surface area (Å²) in [6.45, 7) is 6.73. The largest absolute Gasteiger partial charge is 0.464 e. The van der Waals surface area contributed by atoms with Crippen molar-refractivity contribution >= 4 is 19.5 Å². The Morgan fingerprint density at radius 3 is 2.44 bits per heavy atom. The number of hydrogen-bond acceptors (Lipinski definition) is 9. The van der Waals surface area contributed by atoms with Gasteiger partial charge in [-0.2, -0.15) is 9.65 Å². The normalized spacial score (nSPS) is 23.3. The zero-order chi connectivity index (χ0) is 28.6. The molecule has 39 heavy (non-hydrogen) atoms. The predicted molar refractivity (Wildman–Crippen MR) is 141 cm³/mol. The molecule has 6 atom stereocenters. The number of Topliss-reactive ketones (excluding diaryl/α,β-unsaturated/α-hetero) is 1. The molecule has 2 heterocycles. The van der Waals surface area contributed by atoms with Crippen molar-refractivity contribution in [2.75, 3.05) is 13.2 Å². The minimum absolute atomic E-state index is 0.171. The van der Waals surface area contributed by atoms with Gasteiger partial charge < -0.3 is 24.2 Å². The molecule has 1 fully saturated rings. The molecule has 0 bridgehead atoms. The zero-order valence-electron chi connectivity index (χ0n) is 22.6. The third kappa shape index (κ3) is 8.41. The minimum atomic E-state index is -4.20. The Hall–Kier alpha value is -2.66. The molecule has 11 nitrogen and oxygen atoms in total. The van der Waals surface area contributed by atoms with E-state index < -0.39 is 50.9 Å². The third-order valence-electron chi connectivity index (χ3n) is 6.56. The highest BCUT2D eigenvalue weighted by Gasteiger charge is 2.49. The molecule has 0 aliphatic carbocycles. The second-order valence-corrected chi connectivity index (χ2v) is 11.2. The van der Waals surface area contributed by atoms with E-state index in [1.807, 2.05) is 13.8 Å². The minimum Gasteiger partial charge on any atom is -0.464 e. The molecule has 0 spiro atoms. The molecule has 12 heteroatoms. The number of aliphatic hydroxyl groups is 2. The molecule has 0 radical (unpaired) electrons. The second kappa shape index (κ2) is 14.1. The van der Waals surface area contributed by atoms with Crippen LogP contribution in [0.3, 0.4) is 0 Å². The lowest BCUT2D eigenvalue weighted by Gasteiger charge is -2.24. The molecular formula is C27H38N2O9P+. The van der Waals surface area contributed by atoms with Gasteiger partial charge in [0.15, 0.2) is 24.3 Å². The Morgan fingerprint density at radius 1 is 1.10 bits per heavy atom. The first-order valence-corrected chi connectivity index (χ1v) is 14.6. The van der Waals surface area contributed by atoms with Gasteiger partial charge in [-0.1, -0.05) is 44.9 Å². The van der Waals surface area contributed by atoms with Gasteiger partial charge in [-0.25, -0.2) is 4.57 Å². The number of nitrogens with one attached hydrogen (secondary N) is 1. The van der Waals surface area contributed by atoms with E-state index in [0.29, 0.717) is 5.56 Å². The summed E-state index contributed by atoms with van der Waals surface area (Å²) in [5.41, 5.74) is 0.400. The molecule has 1 aliphatic rings. The highest BCUT2D eigenvalue weighted by atomic mass is 31.2. The van der Waals surface area contributed by atoms with Crippen LogP contribution in [0.5, 0.6) is 5.75 Å². The van der Waals surface area contributed by atoms with Crippen LogP contribution < -0.4 is 14.2 Å². The second-order valence-electron chi connectivity index (χ2n) is 9.50. The Balaban J connectivity index is 1.71. The first kappa shape index (κ1) is 30.9. The highest BCUT2D eigenvalue weighted by Crippen LogP contribution is 2.45. The van der Waals surface area contributed by atoms with Crippen LogP contribution in [0, 0.1) is 5.92 Å². The smallest absolute Gasteiger partial charge is 0.459 e. The van der Waals surface area contributed by atoms with Crippen molar-refractivity contribution in [1.82, 2.24) is 5.09 Å². The average molecular weight is 566 g/mol. The van der Waals surface area contributed by atoms with Crippen LogP contribution in [0.15, 0.2) is 54.9 Å². The van der Waals surface area contributed by atoms with Gasteiger partial charge in [0.05, 0.1) is 18.8 Å². The maximum absolute atomic E-state index is 13.8. The van der Waals surface area contributed by atoms with Gasteiger partial charge in [-0.15, -0.1) is 0 Å². The molecule has 0 saturated carbocycles. The Bertz CT molecular complexity index is 1150. The number of esters is 1. The van der Waals surface area contributed by atoms with Crippen molar-refractivity contribution in [2.24, 2.45) is 5.92 Å². The number of rotatable bonds is 14. The van der Waals surface area contributed by atoms with Crippen LogP contribution in [0.1, 0.15) is 57.1 Å². The fourth-order valence-corrected chi connectivity index (χ4v) is 5.50. The van der Waals surface area contributed by atoms with E-state index in [9.17, 15) is 24.4 Å². The topological polar surface area (TPSA) is 144 Å². The quantitative estimate of drug-likeness (QED) is 0.135. The lowest BCUT2D eigenvalue weighted by atomic mass is 10.1. The lowest BCUT2D eigenvalue weighted by molar-refractivity contribution is -0.765. The van der Waals surface area contributed by atoms with E-state index in [-0.39, 0.29) is 24.1 Å². The lowest BCUT2D eigenvalue weighted by Crippen LogP contribution is -2.46. The van der Waals surface area contributed by atoms with Crippen LogP contribution in [0.4, 0.5) is 0 Å². The number of para-hydroxylation sites is 1. The van der Waals surface area contributed by atoms with E-state index >= 15 is 0 Å². The molecule has 1 aromatic heterocycles. The summed E-state index contributed by atoms with van der Waals surface area (Å²) in [7, 11) is -4.20. The number of aliphatic hydroxyl groups excluding tert-OH is 2. The predicted octanol–water partition coefficient (Wildman–Crippen LogP) is 2.96. The first-order chi connectivity index (χ1) is 18.6. The number of carbonyl (C=O) groups is 2. The maximum Gasteiger partial charge on any atom is 0.459 e. The van der Waals surface area contributed by atoms with E-state index in [2.05, 4.69) is 5.09 Å². The Kier molecular flexibility index (Phi) is 11.2. The fourth-order valence-electron chi connectivity index (χ4n) is 3.99. The van der Waals surface area contributed by atoms with E-state index in [0.717, 1.165) is 12.8 Å². The summed E-state index contributed by atoms with van der Waals surface area (Å²) in [4.78, 5) is 24.4. The van der Waals surface area contributed by atoms with Crippen LogP contribution >= 0.6 is 7.75 Å². The number of nitrogens with zero attached hydrogens (tertiary/aromatic N) is 1.